The van der Waals surface area contributed by atoms with Crippen molar-refractivity contribution in [3.8, 4) is 0 Å². The van der Waals surface area contributed by atoms with Crippen molar-refractivity contribution in [2.75, 3.05) is 14.2 Å². The molecule has 0 spiro atoms. The Kier molecular flexibility index (Phi) is 29.7. The molecule has 1 unspecified atom stereocenters. The van der Waals surface area contributed by atoms with Crippen LogP contribution in [0, 0.1) is 31.3 Å². The van der Waals surface area contributed by atoms with Crippen LogP contribution in [0.1, 0.15) is 20.8 Å². The first-order valence-electron chi connectivity index (χ1n) is 5.92. The molecule has 0 aromatic rings. The maximum absolute atomic E-state index is 11.7. The third-order valence-electron chi connectivity index (χ3n) is 2.80. The number of carbonyl (C=O) groups is 2. The van der Waals surface area contributed by atoms with Crippen molar-refractivity contribution in [3.63, 3.8) is 0 Å². The van der Waals surface area contributed by atoms with Gasteiger partial charge in [0, 0.05) is 23.0 Å². The van der Waals surface area contributed by atoms with Crippen LogP contribution in [0.4, 0.5) is 0 Å². The fraction of sp³-hybridized carbons (Fsp3) is 0.438. The van der Waals surface area contributed by atoms with E-state index in [1.807, 2.05) is 6.92 Å². The predicted molar refractivity (Wildman–Crippen MR) is 77.0 cm³/mol. The third kappa shape index (κ3) is 11.7. The standard InChI is InChI=1S/C13H20O4.3CO.Fe/c1-9(2)7-8-10(3)13(4,11(14)16-5)12(15)17-6;3*1-2;/h7-8,10H,1H2,2-6H3;;;;/b8-7-;;;;. The molecule has 0 fully saturated rings. The van der Waals surface area contributed by atoms with Crippen LogP contribution in [0.3, 0.4) is 0 Å². The summed E-state index contributed by atoms with van der Waals surface area (Å²) in [5.41, 5.74) is -0.496. The summed E-state index contributed by atoms with van der Waals surface area (Å²) in [6, 6.07) is 0. The zero-order chi connectivity index (χ0) is 19.6. The quantitative estimate of drug-likeness (QED) is 0.181. The second-order valence-electron chi connectivity index (χ2n) is 4.18. The Morgan fingerprint density at radius 2 is 1.33 bits per heavy atom. The van der Waals surface area contributed by atoms with E-state index in [4.69, 9.17) is 14.0 Å². The van der Waals surface area contributed by atoms with Crippen molar-refractivity contribution in [3.05, 3.63) is 44.3 Å². The number of hydrogen-bond donors (Lipinski definition) is 0. The van der Waals surface area contributed by atoms with Gasteiger partial charge in [-0.1, -0.05) is 31.2 Å². The summed E-state index contributed by atoms with van der Waals surface area (Å²) in [4.78, 5) is 23.5. The number of esters is 2. The van der Waals surface area contributed by atoms with Gasteiger partial charge in [-0.15, -0.1) is 0 Å². The first-order valence-corrected chi connectivity index (χ1v) is 5.92. The molecule has 0 aromatic carbocycles. The molecule has 0 amide bonds. The van der Waals surface area contributed by atoms with E-state index >= 15 is 0 Å². The van der Waals surface area contributed by atoms with E-state index in [1.165, 1.54) is 21.1 Å². The van der Waals surface area contributed by atoms with Crippen LogP contribution in [0.15, 0.2) is 24.3 Å². The van der Waals surface area contributed by atoms with Crippen LogP contribution in [0.5, 0.6) is 0 Å². The Morgan fingerprint density at radius 3 is 1.54 bits per heavy atom. The van der Waals surface area contributed by atoms with Crippen LogP contribution < -0.4 is 0 Å². The van der Waals surface area contributed by atoms with E-state index in [2.05, 4.69) is 36.0 Å². The molecule has 0 radical (unpaired) electrons. The van der Waals surface area contributed by atoms with Gasteiger partial charge in [-0.2, -0.15) is 0 Å². The van der Waals surface area contributed by atoms with Crippen LogP contribution in [0.2, 0.25) is 0 Å². The van der Waals surface area contributed by atoms with E-state index in [0.717, 1.165) is 5.57 Å². The molecular weight excluding hydrogens is 360 g/mol. The van der Waals surface area contributed by atoms with Gasteiger partial charge in [0.05, 0.1) is 14.2 Å². The van der Waals surface area contributed by atoms with Crippen LogP contribution in [-0.2, 0) is 50.1 Å². The number of hydrogen-bond acceptors (Lipinski definition) is 4. The summed E-state index contributed by atoms with van der Waals surface area (Å²) in [6.45, 7) is 22.3. The zero-order valence-electron chi connectivity index (χ0n) is 14.2. The van der Waals surface area contributed by atoms with Crippen molar-refractivity contribution in [2.45, 2.75) is 20.8 Å². The van der Waals surface area contributed by atoms with Gasteiger partial charge in [0.2, 0.25) is 0 Å². The largest absolute Gasteiger partial charge is 0 e. The predicted octanol–water partition coefficient (Wildman–Crippen LogP) is 1.99. The Balaban J connectivity index is -0.000000153. The van der Waals surface area contributed by atoms with Gasteiger partial charge in [0.25, 0.3) is 0 Å². The fourth-order valence-corrected chi connectivity index (χ4v) is 1.38. The van der Waals surface area contributed by atoms with E-state index < -0.39 is 17.4 Å². The van der Waals surface area contributed by atoms with Crippen LogP contribution in [-0.4, -0.2) is 26.2 Å². The molecule has 0 heterocycles. The molecule has 0 aliphatic heterocycles. The Hall–Kier alpha value is -1.84. The fourth-order valence-electron chi connectivity index (χ4n) is 1.38. The molecule has 134 valence electrons. The van der Waals surface area contributed by atoms with Crippen molar-refractivity contribution >= 4 is 11.9 Å². The van der Waals surface area contributed by atoms with Gasteiger partial charge >= 0.3 is 45.8 Å². The minimum Gasteiger partial charge on any atom is 0 e. The second-order valence-corrected chi connectivity index (χ2v) is 4.18. The molecule has 1 atom stereocenters. The van der Waals surface area contributed by atoms with Gasteiger partial charge in [-0.3, -0.25) is 9.59 Å². The molecule has 0 aromatic heterocycles. The topological polar surface area (TPSA) is 112 Å². The number of allylic oxidation sites excluding steroid dienone is 3. The van der Waals surface area contributed by atoms with Crippen molar-refractivity contribution < 1.29 is 50.1 Å². The summed E-state index contributed by atoms with van der Waals surface area (Å²) >= 11 is 0. The molecule has 0 rings (SSSR count). The van der Waals surface area contributed by atoms with E-state index in [0.29, 0.717) is 0 Å². The molecule has 7 nitrogen and oxygen atoms in total. The Morgan fingerprint density at radius 1 is 1.04 bits per heavy atom. The molecule has 0 saturated carbocycles. The third-order valence-corrected chi connectivity index (χ3v) is 2.80. The number of carbonyl (C=O) groups excluding carboxylic acids is 2. The summed E-state index contributed by atoms with van der Waals surface area (Å²) in [5.74, 6) is -1.56. The van der Waals surface area contributed by atoms with Gasteiger partial charge in [0.15, 0.2) is 5.41 Å². The summed E-state index contributed by atoms with van der Waals surface area (Å²) < 4.78 is 31.8. The van der Waals surface area contributed by atoms with Gasteiger partial charge in [0.1, 0.15) is 0 Å². The van der Waals surface area contributed by atoms with Crippen molar-refractivity contribution in [2.24, 2.45) is 11.3 Å². The first kappa shape index (κ1) is 33.7. The Bertz CT molecular complexity index is 431. The smallest absolute Gasteiger partial charge is 0 e. The summed E-state index contributed by atoms with van der Waals surface area (Å²) in [5, 5.41) is 0. The van der Waals surface area contributed by atoms with E-state index in [9.17, 15) is 9.59 Å². The molecule has 0 aliphatic rings. The molecule has 0 aliphatic carbocycles. The zero-order valence-corrected chi connectivity index (χ0v) is 15.3. The molecule has 0 N–H and O–H groups in total. The monoisotopic (exact) mass is 380 g/mol. The SMILES string of the molecule is C=C(C)/C=C\C(C)C(C)(C(=O)OC)C(=O)OC.[C-]#[O+].[C-]#[O+].[C-]#[O+].[Fe]. The van der Waals surface area contributed by atoms with Gasteiger partial charge in [-0.05, 0) is 13.8 Å². The average molecular weight is 380 g/mol. The molecule has 0 saturated heterocycles. The number of methoxy groups -OCH3 is 2. The minimum absolute atomic E-state index is 0. The number of ether oxygens (including phenoxy) is 2. The van der Waals surface area contributed by atoms with Gasteiger partial charge in [-0.25, -0.2) is 0 Å². The van der Waals surface area contributed by atoms with Crippen LogP contribution in [0.25, 0.3) is 0 Å². The first-order chi connectivity index (χ1) is 10.8. The van der Waals surface area contributed by atoms with Crippen molar-refractivity contribution in [1.29, 1.82) is 0 Å². The van der Waals surface area contributed by atoms with Gasteiger partial charge < -0.3 is 9.47 Å². The molecule has 8 heteroatoms. The molecule has 24 heavy (non-hydrogen) atoms. The summed E-state index contributed by atoms with van der Waals surface area (Å²) in [6.07, 6.45) is 3.50. The summed E-state index contributed by atoms with van der Waals surface area (Å²) in [7, 11) is 2.50. The van der Waals surface area contributed by atoms with E-state index in [-0.39, 0.29) is 23.0 Å². The van der Waals surface area contributed by atoms with Crippen molar-refractivity contribution in [1.82, 2.24) is 0 Å². The molecular formula is C16H20FeO7. The average Bonchev–Trinajstić information content (AvgIpc) is 2.62. The molecule has 0 bridgehead atoms. The Labute approximate surface area is 153 Å². The second kappa shape index (κ2) is 21.2. The normalized spacial score (nSPS) is 9.62. The maximum atomic E-state index is 11.7. The maximum Gasteiger partial charge on any atom is 0 e. The van der Waals surface area contributed by atoms with E-state index in [1.54, 1.807) is 19.1 Å². The number of rotatable bonds is 5. The van der Waals surface area contributed by atoms with Crippen LogP contribution >= 0.6 is 0 Å². The minimum atomic E-state index is -1.34.